The lowest BCUT2D eigenvalue weighted by Crippen LogP contribution is -2.09. The van der Waals surface area contributed by atoms with Crippen LogP contribution in [0.15, 0.2) is 18.2 Å². The number of phenols is 1. The third kappa shape index (κ3) is 1.65. The summed E-state index contributed by atoms with van der Waals surface area (Å²) in [5.41, 5.74) is 5.79. The van der Waals surface area contributed by atoms with Gasteiger partial charge in [-0.1, -0.05) is 12.2 Å². The van der Waals surface area contributed by atoms with Crippen molar-refractivity contribution in [1.82, 2.24) is 0 Å². The van der Waals surface area contributed by atoms with Gasteiger partial charge in [0.1, 0.15) is 16.5 Å². The zero-order valence-corrected chi connectivity index (χ0v) is 7.39. The number of aromatic hydroxyl groups is 1. The second-order valence-corrected chi connectivity index (χ2v) is 2.69. The van der Waals surface area contributed by atoms with Crippen LogP contribution in [0.5, 0.6) is 11.5 Å². The molecule has 64 valence electrons. The Balaban J connectivity index is 3.17. The van der Waals surface area contributed by atoms with Gasteiger partial charge < -0.3 is 15.6 Å². The molecular formula is C8H9NO2S. The molecule has 0 saturated carbocycles. The standard InChI is InChI=1S/C8H9NO2S/c1-11-5-2-3-7(10)6(4-5)8(9)12/h2-4,10H,1H3,(H2,9,12). The maximum Gasteiger partial charge on any atom is 0.126 e. The molecule has 0 spiro atoms. The average molecular weight is 183 g/mol. The highest BCUT2D eigenvalue weighted by atomic mass is 32.1. The fraction of sp³-hybridized carbons (Fsp3) is 0.125. The lowest BCUT2D eigenvalue weighted by molar-refractivity contribution is 0.412. The van der Waals surface area contributed by atoms with Crippen molar-refractivity contribution in [3.63, 3.8) is 0 Å². The van der Waals surface area contributed by atoms with E-state index >= 15 is 0 Å². The first kappa shape index (κ1) is 8.80. The minimum Gasteiger partial charge on any atom is -0.507 e. The van der Waals surface area contributed by atoms with Crippen LogP contribution in [-0.4, -0.2) is 17.2 Å². The number of phenolic OH excluding ortho intramolecular Hbond substituents is 1. The van der Waals surface area contributed by atoms with Gasteiger partial charge in [0.05, 0.1) is 12.7 Å². The van der Waals surface area contributed by atoms with Crippen LogP contribution in [-0.2, 0) is 0 Å². The van der Waals surface area contributed by atoms with Gasteiger partial charge >= 0.3 is 0 Å². The molecular weight excluding hydrogens is 174 g/mol. The Morgan fingerprint density at radius 3 is 2.75 bits per heavy atom. The van der Waals surface area contributed by atoms with Crippen LogP contribution < -0.4 is 10.5 Å². The van der Waals surface area contributed by atoms with E-state index in [1.165, 1.54) is 13.2 Å². The van der Waals surface area contributed by atoms with E-state index in [0.29, 0.717) is 11.3 Å². The normalized spacial score (nSPS) is 9.42. The summed E-state index contributed by atoms with van der Waals surface area (Å²) >= 11 is 4.72. The molecule has 0 aliphatic heterocycles. The highest BCUT2D eigenvalue weighted by molar-refractivity contribution is 7.80. The Labute approximate surface area is 75.8 Å². The topological polar surface area (TPSA) is 55.5 Å². The van der Waals surface area contributed by atoms with Gasteiger partial charge in [-0.25, -0.2) is 0 Å². The Bertz CT molecular complexity index is 312. The van der Waals surface area contributed by atoms with Crippen LogP contribution in [0.3, 0.4) is 0 Å². The molecule has 0 amide bonds. The monoisotopic (exact) mass is 183 g/mol. The van der Waals surface area contributed by atoms with Crippen molar-refractivity contribution in [3.05, 3.63) is 23.8 Å². The van der Waals surface area contributed by atoms with Crippen molar-refractivity contribution >= 4 is 17.2 Å². The summed E-state index contributed by atoms with van der Waals surface area (Å²) in [5.74, 6) is 0.693. The van der Waals surface area contributed by atoms with E-state index in [9.17, 15) is 5.11 Å². The minimum absolute atomic E-state index is 0.0725. The Morgan fingerprint density at radius 1 is 1.58 bits per heavy atom. The van der Waals surface area contributed by atoms with E-state index < -0.39 is 0 Å². The van der Waals surface area contributed by atoms with E-state index in [4.69, 9.17) is 22.7 Å². The van der Waals surface area contributed by atoms with Gasteiger partial charge in [0.15, 0.2) is 0 Å². The highest BCUT2D eigenvalue weighted by Crippen LogP contribution is 2.22. The van der Waals surface area contributed by atoms with Crippen LogP contribution in [0, 0.1) is 0 Å². The average Bonchev–Trinajstić information content (AvgIpc) is 2.05. The summed E-state index contributed by atoms with van der Waals surface area (Å²) in [7, 11) is 1.54. The molecule has 0 unspecified atom stereocenters. The van der Waals surface area contributed by atoms with Crippen LogP contribution in [0.1, 0.15) is 5.56 Å². The Hall–Kier alpha value is -1.29. The fourth-order valence-electron chi connectivity index (χ4n) is 0.839. The molecule has 0 aliphatic rings. The molecule has 3 N–H and O–H groups in total. The molecule has 0 heterocycles. The molecule has 1 rings (SSSR count). The van der Waals surface area contributed by atoms with Gasteiger partial charge in [-0.3, -0.25) is 0 Å². The third-order valence-corrected chi connectivity index (χ3v) is 1.69. The molecule has 1 aromatic rings. The molecule has 3 nitrogen and oxygen atoms in total. The predicted octanol–water partition coefficient (Wildman–Crippen LogP) is 1.04. The van der Waals surface area contributed by atoms with E-state index in [2.05, 4.69) is 0 Å². The molecule has 4 heteroatoms. The predicted molar refractivity (Wildman–Crippen MR) is 50.5 cm³/mol. The van der Waals surface area contributed by atoms with Crippen molar-refractivity contribution in [2.75, 3.05) is 7.11 Å². The molecule has 0 radical (unpaired) electrons. The van der Waals surface area contributed by atoms with Gasteiger partial charge in [0.2, 0.25) is 0 Å². The smallest absolute Gasteiger partial charge is 0.126 e. The molecule has 12 heavy (non-hydrogen) atoms. The second-order valence-electron chi connectivity index (χ2n) is 2.25. The number of rotatable bonds is 2. The van der Waals surface area contributed by atoms with Crippen LogP contribution >= 0.6 is 12.2 Å². The lowest BCUT2D eigenvalue weighted by atomic mass is 10.2. The Kier molecular flexibility index (Phi) is 2.50. The maximum absolute atomic E-state index is 9.28. The number of hydrogen-bond acceptors (Lipinski definition) is 3. The summed E-state index contributed by atoms with van der Waals surface area (Å²) in [4.78, 5) is 0.159. The number of nitrogens with two attached hydrogens (primary N) is 1. The van der Waals surface area contributed by atoms with E-state index in [0.717, 1.165) is 0 Å². The zero-order chi connectivity index (χ0) is 9.14. The Morgan fingerprint density at radius 2 is 2.25 bits per heavy atom. The first-order valence-electron chi connectivity index (χ1n) is 3.32. The molecule has 0 atom stereocenters. The number of benzene rings is 1. The molecule has 1 aromatic carbocycles. The van der Waals surface area contributed by atoms with E-state index in [1.54, 1.807) is 12.1 Å². The van der Waals surface area contributed by atoms with Crippen molar-refractivity contribution in [1.29, 1.82) is 0 Å². The molecule has 0 bridgehead atoms. The van der Waals surface area contributed by atoms with Gasteiger partial charge in [-0.05, 0) is 18.2 Å². The molecule has 0 fully saturated rings. The molecule has 0 aromatic heterocycles. The quantitative estimate of drug-likeness (QED) is 0.672. The summed E-state index contributed by atoms with van der Waals surface area (Å²) in [6.07, 6.45) is 0. The van der Waals surface area contributed by atoms with Gasteiger partial charge in [0.25, 0.3) is 0 Å². The number of hydrogen-bond donors (Lipinski definition) is 2. The zero-order valence-electron chi connectivity index (χ0n) is 6.57. The van der Waals surface area contributed by atoms with Crippen molar-refractivity contribution < 1.29 is 9.84 Å². The van der Waals surface area contributed by atoms with Crippen LogP contribution in [0.25, 0.3) is 0 Å². The SMILES string of the molecule is COc1ccc(O)c(C(N)=S)c1. The van der Waals surface area contributed by atoms with Crippen molar-refractivity contribution in [3.8, 4) is 11.5 Å². The minimum atomic E-state index is 0.0725. The second kappa shape index (κ2) is 3.40. The largest absolute Gasteiger partial charge is 0.507 e. The summed E-state index contributed by atoms with van der Waals surface area (Å²) in [5, 5.41) is 9.28. The highest BCUT2D eigenvalue weighted by Gasteiger charge is 2.04. The van der Waals surface area contributed by atoms with Crippen molar-refractivity contribution in [2.45, 2.75) is 0 Å². The summed E-state index contributed by atoms with van der Waals surface area (Å²) in [6, 6.07) is 4.72. The maximum atomic E-state index is 9.28. The number of methoxy groups -OCH3 is 1. The fourth-order valence-corrected chi connectivity index (χ4v) is 1.00. The first-order chi connectivity index (χ1) is 5.65. The van der Waals surface area contributed by atoms with Gasteiger partial charge in [-0.2, -0.15) is 0 Å². The van der Waals surface area contributed by atoms with Crippen LogP contribution in [0.2, 0.25) is 0 Å². The number of ether oxygens (including phenoxy) is 1. The van der Waals surface area contributed by atoms with Gasteiger partial charge in [0, 0.05) is 0 Å². The van der Waals surface area contributed by atoms with Crippen molar-refractivity contribution in [2.24, 2.45) is 5.73 Å². The third-order valence-electron chi connectivity index (χ3n) is 1.47. The first-order valence-corrected chi connectivity index (χ1v) is 3.73. The lowest BCUT2D eigenvalue weighted by Gasteiger charge is -2.04. The van der Waals surface area contributed by atoms with Gasteiger partial charge in [-0.15, -0.1) is 0 Å². The van der Waals surface area contributed by atoms with Crippen LogP contribution in [0.4, 0.5) is 0 Å². The summed E-state index contributed by atoms with van der Waals surface area (Å²) < 4.78 is 4.93. The van der Waals surface area contributed by atoms with E-state index in [1.807, 2.05) is 0 Å². The summed E-state index contributed by atoms with van der Waals surface area (Å²) in [6.45, 7) is 0. The molecule has 0 aliphatic carbocycles. The van der Waals surface area contributed by atoms with E-state index in [-0.39, 0.29) is 10.7 Å². The molecule has 0 saturated heterocycles. The number of thiocarbonyl (C=S) groups is 1.